The molecule has 3 rings (SSSR count). The lowest BCUT2D eigenvalue weighted by atomic mass is 10.1. The van der Waals surface area contributed by atoms with Gasteiger partial charge >= 0.3 is 0 Å². The minimum atomic E-state index is -0.210. The van der Waals surface area contributed by atoms with E-state index < -0.39 is 0 Å². The standard InChI is InChI=1S/C15H19N5O.ClH/c1-9(8-16)15(21)17-12-4-2-3-11(7-12)14-18-13(19-20-14)10-5-6-10;/h2-4,7,9-10H,5-6,8,16H2,1H3,(H,17,21)(H,18,19,20);1H. The Kier molecular flexibility index (Phi) is 5.15. The number of amides is 1. The van der Waals surface area contributed by atoms with E-state index in [1.807, 2.05) is 24.3 Å². The van der Waals surface area contributed by atoms with Gasteiger partial charge in [0.2, 0.25) is 5.91 Å². The average molecular weight is 322 g/mol. The molecular weight excluding hydrogens is 302 g/mol. The molecule has 1 aliphatic rings. The molecule has 1 aromatic carbocycles. The highest BCUT2D eigenvalue weighted by Gasteiger charge is 2.27. The maximum absolute atomic E-state index is 11.9. The minimum Gasteiger partial charge on any atom is -0.330 e. The fourth-order valence-corrected chi connectivity index (χ4v) is 2.05. The predicted molar refractivity (Wildman–Crippen MR) is 87.9 cm³/mol. The molecule has 4 N–H and O–H groups in total. The highest BCUT2D eigenvalue weighted by molar-refractivity contribution is 5.93. The molecule has 1 amide bonds. The lowest BCUT2D eigenvalue weighted by Gasteiger charge is -2.10. The van der Waals surface area contributed by atoms with Crippen LogP contribution in [0, 0.1) is 5.92 Å². The fourth-order valence-electron chi connectivity index (χ4n) is 2.05. The maximum Gasteiger partial charge on any atom is 0.228 e. The van der Waals surface area contributed by atoms with E-state index in [2.05, 4.69) is 20.5 Å². The zero-order valence-corrected chi connectivity index (χ0v) is 13.2. The van der Waals surface area contributed by atoms with E-state index in [0.717, 1.165) is 17.1 Å². The second kappa shape index (κ2) is 6.89. The van der Waals surface area contributed by atoms with E-state index >= 15 is 0 Å². The van der Waals surface area contributed by atoms with E-state index in [9.17, 15) is 4.79 Å². The Morgan fingerprint density at radius 1 is 1.50 bits per heavy atom. The molecule has 0 saturated heterocycles. The second-order valence-electron chi connectivity index (χ2n) is 5.53. The van der Waals surface area contributed by atoms with E-state index in [-0.39, 0.29) is 24.2 Å². The number of benzene rings is 1. The monoisotopic (exact) mass is 321 g/mol. The van der Waals surface area contributed by atoms with Crippen molar-refractivity contribution in [3.8, 4) is 11.4 Å². The molecule has 6 nitrogen and oxygen atoms in total. The van der Waals surface area contributed by atoms with Crippen LogP contribution >= 0.6 is 12.4 Å². The summed E-state index contributed by atoms with van der Waals surface area (Å²) in [6, 6.07) is 7.53. The molecule has 1 unspecified atom stereocenters. The van der Waals surface area contributed by atoms with Gasteiger partial charge in [-0.3, -0.25) is 9.89 Å². The van der Waals surface area contributed by atoms with Crippen molar-refractivity contribution in [3.05, 3.63) is 30.1 Å². The van der Waals surface area contributed by atoms with Crippen molar-refractivity contribution in [3.63, 3.8) is 0 Å². The van der Waals surface area contributed by atoms with Crippen LogP contribution < -0.4 is 11.1 Å². The number of halogens is 1. The fraction of sp³-hybridized carbons (Fsp3) is 0.400. The summed E-state index contributed by atoms with van der Waals surface area (Å²) in [7, 11) is 0. The molecule has 0 radical (unpaired) electrons. The minimum absolute atomic E-state index is 0. The molecule has 1 aliphatic carbocycles. The molecule has 0 aliphatic heterocycles. The van der Waals surface area contributed by atoms with Crippen molar-refractivity contribution in [2.24, 2.45) is 11.7 Å². The maximum atomic E-state index is 11.9. The third-order valence-electron chi connectivity index (χ3n) is 3.66. The zero-order chi connectivity index (χ0) is 14.8. The molecule has 1 heterocycles. The number of nitrogens with zero attached hydrogens (tertiary/aromatic N) is 2. The summed E-state index contributed by atoms with van der Waals surface area (Å²) in [4.78, 5) is 16.4. The summed E-state index contributed by atoms with van der Waals surface area (Å²) >= 11 is 0. The number of carbonyl (C=O) groups is 1. The van der Waals surface area contributed by atoms with Crippen molar-refractivity contribution >= 4 is 24.0 Å². The quantitative estimate of drug-likeness (QED) is 0.787. The number of anilines is 1. The lowest BCUT2D eigenvalue weighted by Crippen LogP contribution is -2.26. The largest absolute Gasteiger partial charge is 0.330 e. The van der Waals surface area contributed by atoms with E-state index in [1.165, 1.54) is 12.8 Å². The lowest BCUT2D eigenvalue weighted by molar-refractivity contribution is -0.119. The Morgan fingerprint density at radius 2 is 2.27 bits per heavy atom. The zero-order valence-electron chi connectivity index (χ0n) is 12.4. The van der Waals surface area contributed by atoms with Gasteiger partial charge in [0.25, 0.3) is 0 Å². The molecule has 1 aromatic heterocycles. The van der Waals surface area contributed by atoms with Gasteiger partial charge in [0, 0.05) is 29.6 Å². The number of hydrogen-bond donors (Lipinski definition) is 3. The van der Waals surface area contributed by atoms with Crippen LogP contribution in [0.5, 0.6) is 0 Å². The number of H-pyrrole nitrogens is 1. The Labute approximate surface area is 135 Å². The molecule has 7 heteroatoms. The van der Waals surface area contributed by atoms with E-state index in [4.69, 9.17) is 5.73 Å². The van der Waals surface area contributed by atoms with Gasteiger partial charge in [0.15, 0.2) is 5.82 Å². The molecule has 1 saturated carbocycles. The molecule has 0 bridgehead atoms. The summed E-state index contributed by atoms with van der Waals surface area (Å²) in [5, 5.41) is 10.1. The normalized spacial score (nSPS) is 15.0. The molecule has 22 heavy (non-hydrogen) atoms. The number of aromatic amines is 1. The number of rotatable bonds is 5. The summed E-state index contributed by atoms with van der Waals surface area (Å²) in [6.45, 7) is 2.13. The molecule has 1 fully saturated rings. The number of nitrogens with one attached hydrogen (secondary N) is 2. The van der Waals surface area contributed by atoms with Crippen molar-refractivity contribution in [2.75, 3.05) is 11.9 Å². The van der Waals surface area contributed by atoms with E-state index in [0.29, 0.717) is 18.3 Å². The van der Waals surface area contributed by atoms with Crippen molar-refractivity contribution in [2.45, 2.75) is 25.7 Å². The highest BCUT2D eigenvalue weighted by atomic mass is 35.5. The van der Waals surface area contributed by atoms with Gasteiger partial charge in [0.1, 0.15) is 5.82 Å². The molecule has 118 valence electrons. The van der Waals surface area contributed by atoms with Gasteiger partial charge in [-0.1, -0.05) is 19.1 Å². The van der Waals surface area contributed by atoms with Crippen molar-refractivity contribution < 1.29 is 4.79 Å². The van der Waals surface area contributed by atoms with Gasteiger partial charge in [0.05, 0.1) is 0 Å². The van der Waals surface area contributed by atoms with Crippen LogP contribution in [0.25, 0.3) is 11.4 Å². The first kappa shape index (κ1) is 16.5. The van der Waals surface area contributed by atoms with Gasteiger partial charge in [-0.05, 0) is 25.0 Å². The molecule has 0 spiro atoms. The first-order valence-corrected chi connectivity index (χ1v) is 7.21. The number of nitrogens with two attached hydrogens (primary N) is 1. The van der Waals surface area contributed by atoms with Crippen LogP contribution in [0.2, 0.25) is 0 Å². The Morgan fingerprint density at radius 3 is 2.95 bits per heavy atom. The smallest absolute Gasteiger partial charge is 0.228 e. The van der Waals surface area contributed by atoms with Gasteiger partial charge in [-0.25, -0.2) is 4.98 Å². The number of carbonyl (C=O) groups excluding carboxylic acids is 1. The second-order valence-corrected chi connectivity index (χ2v) is 5.53. The summed E-state index contributed by atoms with van der Waals surface area (Å²) in [5.41, 5.74) is 7.12. The third-order valence-corrected chi connectivity index (χ3v) is 3.66. The highest BCUT2D eigenvalue weighted by Crippen LogP contribution is 2.38. The number of aromatic nitrogens is 3. The van der Waals surface area contributed by atoms with Gasteiger partial charge < -0.3 is 11.1 Å². The number of hydrogen-bond acceptors (Lipinski definition) is 4. The van der Waals surface area contributed by atoms with Crippen molar-refractivity contribution in [1.82, 2.24) is 15.2 Å². The predicted octanol–water partition coefficient (Wildman–Crippen LogP) is 2.30. The van der Waals surface area contributed by atoms with Crippen LogP contribution in [0.1, 0.15) is 31.5 Å². The van der Waals surface area contributed by atoms with E-state index in [1.54, 1.807) is 6.92 Å². The summed E-state index contributed by atoms with van der Waals surface area (Å²) in [6.07, 6.45) is 2.36. The van der Waals surface area contributed by atoms with Crippen LogP contribution in [-0.2, 0) is 4.79 Å². The van der Waals surface area contributed by atoms with Crippen LogP contribution in [-0.4, -0.2) is 27.6 Å². The molecule has 2 aromatic rings. The summed E-state index contributed by atoms with van der Waals surface area (Å²) in [5.74, 6) is 1.87. The molecule has 1 atom stereocenters. The molecular formula is C15H20ClN5O. The van der Waals surface area contributed by atoms with Crippen LogP contribution in [0.3, 0.4) is 0 Å². The summed E-state index contributed by atoms with van der Waals surface area (Å²) < 4.78 is 0. The average Bonchev–Trinajstić information content (AvgIpc) is 3.24. The van der Waals surface area contributed by atoms with Crippen molar-refractivity contribution in [1.29, 1.82) is 0 Å². The Balaban J connectivity index is 0.00000176. The SMILES string of the molecule is CC(CN)C(=O)Nc1cccc(-c2n[nH]c(C3CC3)n2)c1.Cl. The van der Waals surface area contributed by atoms with Gasteiger partial charge in [-0.15, -0.1) is 12.4 Å². The Hall–Kier alpha value is -1.92. The van der Waals surface area contributed by atoms with Crippen LogP contribution in [0.15, 0.2) is 24.3 Å². The first-order chi connectivity index (χ1) is 10.2. The third kappa shape index (κ3) is 3.64. The van der Waals surface area contributed by atoms with Crippen LogP contribution in [0.4, 0.5) is 5.69 Å². The Bertz CT molecular complexity index is 653. The first-order valence-electron chi connectivity index (χ1n) is 7.21. The topological polar surface area (TPSA) is 96.7 Å². The van der Waals surface area contributed by atoms with Gasteiger partial charge in [-0.2, -0.15) is 5.10 Å².